The minimum Gasteiger partial charge on any atom is -0.389 e. The molecule has 0 bridgehead atoms. The Morgan fingerprint density at radius 2 is 2.02 bits per heavy atom. The van der Waals surface area contributed by atoms with Crippen molar-refractivity contribution in [3.8, 4) is 17.2 Å². The molecule has 0 radical (unpaired) electrons. The van der Waals surface area contributed by atoms with Crippen LogP contribution in [0.5, 0.6) is 0 Å². The molecule has 4 heterocycles. The Labute approximate surface area is 256 Å². The van der Waals surface area contributed by atoms with Crippen molar-refractivity contribution >= 4 is 60.8 Å². The van der Waals surface area contributed by atoms with Gasteiger partial charge in [0, 0.05) is 60.3 Å². The molecule has 1 unspecified atom stereocenters. The second-order valence-electron chi connectivity index (χ2n) is 10.3. The van der Waals surface area contributed by atoms with Crippen molar-refractivity contribution < 1.29 is 27.1 Å². The molecule has 6 rings (SSSR count). The van der Waals surface area contributed by atoms with Gasteiger partial charge in [-0.3, -0.25) is 9.36 Å². The third-order valence-corrected chi connectivity index (χ3v) is 10.1. The van der Waals surface area contributed by atoms with Crippen LogP contribution in [-0.2, 0) is 15.7 Å². The number of methoxy groups -OCH3 is 1. The van der Waals surface area contributed by atoms with E-state index in [1.165, 1.54) is 23.8 Å². The number of ether oxygens (including phenoxy) is 1. The van der Waals surface area contributed by atoms with Crippen LogP contribution in [-0.4, -0.2) is 66.0 Å². The number of benzene rings is 2. The molecule has 0 aliphatic carbocycles. The highest BCUT2D eigenvalue weighted by Crippen LogP contribution is 2.52. The van der Waals surface area contributed by atoms with Gasteiger partial charge < -0.3 is 20.3 Å². The summed E-state index contributed by atoms with van der Waals surface area (Å²) in [4.78, 5) is 33.5. The molecule has 2 aliphatic heterocycles. The number of nitrogens with zero attached hydrogens (tertiary/aromatic N) is 5. The van der Waals surface area contributed by atoms with Crippen LogP contribution in [0.25, 0.3) is 32.1 Å². The standard InChI is InChI=1S/C29H24F4N6O3S2/c1-3-20(40)37-6-8-38(9-7-37)27-16-10-18(29(31,32)33)22(15-4-5-19(30)24-21(15)17(11-34)26(35)44-24)25-23(16)39(28(41)36-27)14(12-42-2)13-43-25/h3-5,10,14H,1,6-9,12-13,35H2,2H3. The number of aromatic nitrogens is 2. The van der Waals surface area contributed by atoms with Crippen LogP contribution in [0.3, 0.4) is 0 Å². The first-order chi connectivity index (χ1) is 21.0. The van der Waals surface area contributed by atoms with E-state index in [2.05, 4.69) is 11.6 Å². The SMILES string of the molecule is C=CC(=O)N1CCN(c2nc(=O)n3c4c(c(-c5ccc(F)c6sc(N)c(C#N)c56)c(C(F)(F)F)cc24)SCC3COC)CC1. The van der Waals surface area contributed by atoms with Gasteiger partial charge in [0.1, 0.15) is 22.7 Å². The quantitative estimate of drug-likeness (QED) is 0.238. The highest BCUT2D eigenvalue weighted by Gasteiger charge is 2.40. The number of alkyl halides is 3. The molecule has 228 valence electrons. The number of carbonyl (C=O) groups is 1. The summed E-state index contributed by atoms with van der Waals surface area (Å²) in [5.41, 5.74) is 4.18. The second-order valence-corrected chi connectivity index (χ2v) is 12.4. The highest BCUT2D eigenvalue weighted by atomic mass is 32.2. The predicted octanol–water partition coefficient (Wildman–Crippen LogP) is 5.02. The Morgan fingerprint density at radius 1 is 1.30 bits per heavy atom. The van der Waals surface area contributed by atoms with Gasteiger partial charge in [0.15, 0.2) is 0 Å². The number of halogens is 4. The normalized spacial score (nSPS) is 16.9. The Hall–Kier alpha value is -4.13. The Kier molecular flexibility index (Phi) is 7.55. The Bertz CT molecular complexity index is 1960. The maximum Gasteiger partial charge on any atom is 0.417 e. The van der Waals surface area contributed by atoms with Gasteiger partial charge in [-0.2, -0.15) is 23.4 Å². The smallest absolute Gasteiger partial charge is 0.389 e. The van der Waals surface area contributed by atoms with Crippen molar-refractivity contribution in [2.75, 3.05) is 56.3 Å². The minimum atomic E-state index is -4.88. The van der Waals surface area contributed by atoms with E-state index in [1.807, 2.05) is 6.07 Å². The van der Waals surface area contributed by atoms with E-state index in [0.29, 0.717) is 0 Å². The van der Waals surface area contributed by atoms with Gasteiger partial charge in [-0.1, -0.05) is 12.6 Å². The fraction of sp³-hybridized carbons (Fsp3) is 0.310. The van der Waals surface area contributed by atoms with E-state index < -0.39 is 29.3 Å². The third kappa shape index (κ3) is 4.68. The van der Waals surface area contributed by atoms with Crippen LogP contribution >= 0.6 is 23.1 Å². The lowest BCUT2D eigenvalue weighted by atomic mass is 9.92. The zero-order valence-corrected chi connectivity index (χ0v) is 24.8. The van der Waals surface area contributed by atoms with Crippen molar-refractivity contribution in [3.05, 3.63) is 58.3 Å². The fourth-order valence-electron chi connectivity index (χ4n) is 5.91. The molecule has 1 amide bonds. The van der Waals surface area contributed by atoms with E-state index in [1.54, 1.807) is 9.80 Å². The molecule has 15 heteroatoms. The van der Waals surface area contributed by atoms with Crippen LogP contribution in [0.2, 0.25) is 0 Å². The lowest BCUT2D eigenvalue weighted by Gasteiger charge is -2.36. The molecule has 2 aromatic carbocycles. The zero-order chi connectivity index (χ0) is 31.5. The summed E-state index contributed by atoms with van der Waals surface area (Å²) in [5.74, 6) is -0.705. The summed E-state index contributed by atoms with van der Waals surface area (Å²) in [7, 11) is 1.46. The van der Waals surface area contributed by atoms with Gasteiger partial charge >= 0.3 is 11.9 Å². The van der Waals surface area contributed by atoms with Crippen molar-refractivity contribution in [1.29, 1.82) is 5.26 Å². The number of nitrogen functional groups attached to an aromatic ring is 1. The number of thioether (sulfide) groups is 1. The summed E-state index contributed by atoms with van der Waals surface area (Å²) in [6, 6.07) is 4.65. The van der Waals surface area contributed by atoms with E-state index in [-0.39, 0.29) is 97.8 Å². The number of thiophene rings is 1. The monoisotopic (exact) mass is 644 g/mol. The van der Waals surface area contributed by atoms with Crippen LogP contribution in [0, 0.1) is 17.1 Å². The van der Waals surface area contributed by atoms with Gasteiger partial charge in [-0.15, -0.1) is 23.1 Å². The van der Waals surface area contributed by atoms with Crippen LogP contribution in [0.1, 0.15) is 17.2 Å². The fourth-order valence-corrected chi connectivity index (χ4v) is 8.18. The summed E-state index contributed by atoms with van der Waals surface area (Å²) in [6.07, 6.45) is -3.69. The minimum absolute atomic E-state index is 0.0119. The first-order valence-corrected chi connectivity index (χ1v) is 15.2. The number of hydrogen-bond acceptors (Lipinski definition) is 9. The summed E-state index contributed by atoms with van der Waals surface area (Å²) in [5, 5.41) is 9.94. The predicted molar refractivity (Wildman–Crippen MR) is 162 cm³/mol. The van der Waals surface area contributed by atoms with E-state index in [4.69, 9.17) is 10.5 Å². The van der Waals surface area contributed by atoms with Crippen molar-refractivity contribution in [1.82, 2.24) is 14.5 Å². The maximum atomic E-state index is 15.0. The number of hydrogen-bond donors (Lipinski definition) is 1. The number of amides is 1. The van der Waals surface area contributed by atoms with Crippen molar-refractivity contribution in [3.63, 3.8) is 0 Å². The lowest BCUT2D eigenvalue weighted by molar-refractivity contribution is -0.137. The lowest BCUT2D eigenvalue weighted by Crippen LogP contribution is -2.49. The third-order valence-electron chi connectivity index (χ3n) is 7.86. The number of nitrogens with two attached hydrogens (primary N) is 1. The molecule has 0 spiro atoms. The summed E-state index contributed by atoms with van der Waals surface area (Å²) >= 11 is 1.92. The number of anilines is 2. The number of rotatable bonds is 5. The number of carbonyl (C=O) groups excluding carboxylic acids is 1. The van der Waals surface area contributed by atoms with E-state index in [0.717, 1.165) is 35.2 Å². The molecule has 2 aromatic heterocycles. The molecular formula is C29H24F4N6O3S2. The van der Waals surface area contributed by atoms with Gasteiger partial charge in [0.2, 0.25) is 5.91 Å². The Balaban J connectivity index is 1.70. The molecule has 1 atom stereocenters. The maximum absolute atomic E-state index is 15.0. The highest BCUT2D eigenvalue weighted by molar-refractivity contribution is 7.99. The van der Waals surface area contributed by atoms with Crippen molar-refractivity contribution in [2.45, 2.75) is 17.1 Å². The molecular weight excluding hydrogens is 620 g/mol. The number of piperazine rings is 1. The van der Waals surface area contributed by atoms with Crippen LogP contribution < -0.4 is 16.3 Å². The molecule has 9 nitrogen and oxygen atoms in total. The molecule has 2 N–H and O–H groups in total. The largest absolute Gasteiger partial charge is 0.417 e. The zero-order valence-electron chi connectivity index (χ0n) is 23.2. The number of nitriles is 1. The average molecular weight is 645 g/mol. The topological polar surface area (TPSA) is 117 Å². The molecule has 0 saturated carbocycles. The molecule has 44 heavy (non-hydrogen) atoms. The average Bonchev–Trinajstić information content (AvgIpc) is 3.35. The molecule has 1 fully saturated rings. The van der Waals surface area contributed by atoms with Crippen LogP contribution in [0.4, 0.5) is 28.4 Å². The summed E-state index contributed by atoms with van der Waals surface area (Å²) in [6.45, 7) is 4.60. The molecule has 2 aliphatic rings. The Morgan fingerprint density at radius 3 is 2.66 bits per heavy atom. The van der Waals surface area contributed by atoms with Gasteiger partial charge in [-0.25, -0.2) is 9.18 Å². The van der Waals surface area contributed by atoms with Crippen LogP contribution in [0.15, 0.2) is 40.5 Å². The van der Waals surface area contributed by atoms with Gasteiger partial charge in [0.25, 0.3) is 0 Å². The van der Waals surface area contributed by atoms with Crippen molar-refractivity contribution in [2.24, 2.45) is 0 Å². The van der Waals surface area contributed by atoms with E-state index in [9.17, 15) is 19.2 Å². The molecule has 1 saturated heterocycles. The first-order valence-electron chi connectivity index (χ1n) is 13.4. The van der Waals surface area contributed by atoms with E-state index >= 15 is 13.2 Å². The first kappa shape index (κ1) is 29.9. The van der Waals surface area contributed by atoms with Gasteiger partial charge in [0.05, 0.1) is 34.0 Å². The molecule has 4 aromatic rings. The van der Waals surface area contributed by atoms with Gasteiger partial charge in [-0.05, 0) is 23.8 Å². The number of fused-ring (bicyclic) bond motifs is 1. The second kappa shape index (κ2) is 11.1. The summed E-state index contributed by atoms with van der Waals surface area (Å²) < 4.78 is 66.7.